The summed E-state index contributed by atoms with van der Waals surface area (Å²) in [5.41, 5.74) is -0.228. The Morgan fingerprint density at radius 3 is 2.31 bits per heavy atom. The minimum atomic E-state index is -0.978. The topological polar surface area (TPSA) is 46.5 Å². The zero-order chi connectivity index (χ0) is 9.27. The molecule has 1 N–H and O–H groups in total. The van der Waals surface area contributed by atoms with Gasteiger partial charge in [0, 0.05) is 24.7 Å². The third kappa shape index (κ3) is 0.945. The predicted molar refractivity (Wildman–Crippen MR) is 44.9 cm³/mol. The SMILES string of the molecule is C[C@]12C[C@@H]3C[C@](O)(C[C@H](C1)C3=O)O2. The van der Waals surface area contributed by atoms with Crippen LogP contribution < -0.4 is 0 Å². The first kappa shape index (κ1) is 7.94. The fraction of sp³-hybridized carbons (Fsp3) is 0.900. The third-order valence-electron chi connectivity index (χ3n) is 3.73. The van der Waals surface area contributed by atoms with Crippen LogP contribution in [0.15, 0.2) is 0 Å². The standard InChI is InChI=1S/C10H14O3/c1-9-2-6-4-10(12,13-9)5-7(3-9)8(6)11/h6-7,12H,2-5H2,1H3/t6-,7+,9+,10-. The van der Waals surface area contributed by atoms with Gasteiger partial charge in [-0.3, -0.25) is 4.79 Å². The molecule has 4 fully saturated rings. The van der Waals surface area contributed by atoms with E-state index in [9.17, 15) is 9.90 Å². The Morgan fingerprint density at radius 2 is 1.85 bits per heavy atom. The molecule has 2 saturated heterocycles. The molecule has 3 heteroatoms. The molecule has 2 saturated carbocycles. The Hall–Kier alpha value is -0.410. The molecule has 2 aliphatic heterocycles. The maximum absolute atomic E-state index is 11.7. The van der Waals surface area contributed by atoms with Crippen LogP contribution in [0.25, 0.3) is 0 Å². The van der Waals surface area contributed by atoms with E-state index >= 15 is 0 Å². The second-order valence-electron chi connectivity index (χ2n) is 5.11. The molecule has 0 spiro atoms. The number of carbonyl (C=O) groups excluding carboxylic acids is 1. The largest absolute Gasteiger partial charge is 0.365 e. The molecule has 0 aromatic rings. The van der Waals surface area contributed by atoms with Gasteiger partial charge in [-0.2, -0.15) is 0 Å². The van der Waals surface area contributed by atoms with Crippen molar-refractivity contribution in [1.82, 2.24) is 0 Å². The van der Waals surface area contributed by atoms with Crippen molar-refractivity contribution in [2.24, 2.45) is 11.8 Å². The Labute approximate surface area is 77.1 Å². The lowest BCUT2D eigenvalue weighted by atomic mass is 9.61. The maximum atomic E-state index is 11.7. The molecule has 4 atom stereocenters. The lowest BCUT2D eigenvalue weighted by molar-refractivity contribution is -0.337. The second kappa shape index (κ2) is 1.98. The van der Waals surface area contributed by atoms with Gasteiger partial charge in [-0.15, -0.1) is 0 Å². The molecule has 3 nitrogen and oxygen atoms in total. The van der Waals surface area contributed by atoms with E-state index in [-0.39, 0.29) is 17.4 Å². The molecule has 72 valence electrons. The van der Waals surface area contributed by atoms with E-state index in [2.05, 4.69) is 0 Å². The van der Waals surface area contributed by atoms with E-state index < -0.39 is 5.79 Å². The molecule has 0 radical (unpaired) electrons. The Morgan fingerprint density at radius 1 is 1.31 bits per heavy atom. The van der Waals surface area contributed by atoms with Crippen molar-refractivity contribution in [3.8, 4) is 0 Å². The molecule has 4 bridgehead atoms. The van der Waals surface area contributed by atoms with Crippen LogP contribution in [0.2, 0.25) is 0 Å². The summed E-state index contributed by atoms with van der Waals surface area (Å²) in [6, 6.07) is 0. The molecular formula is C10H14O3. The Balaban J connectivity index is 2.04. The van der Waals surface area contributed by atoms with Crippen molar-refractivity contribution in [1.29, 1.82) is 0 Å². The molecule has 4 aliphatic rings. The van der Waals surface area contributed by atoms with Gasteiger partial charge in [0.05, 0.1) is 5.60 Å². The summed E-state index contributed by atoms with van der Waals surface area (Å²) in [4.78, 5) is 11.7. The zero-order valence-electron chi connectivity index (χ0n) is 7.75. The molecule has 0 aromatic carbocycles. The monoisotopic (exact) mass is 182 g/mol. The second-order valence-corrected chi connectivity index (χ2v) is 5.11. The summed E-state index contributed by atoms with van der Waals surface area (Å²) >= 11 is 0. The van der Waals surface area contributed by atoms with Gasteiger partial charge in [-0.25, -0.2) is 0 Å². The molecule has 0 amide bonds. The third-order valence-corrected chi connectivity index (χ3v) is 3.73. The average Bonchev–Trinajstić information content (AvgIpc) is 1.94. The Bertz CT molecular complexity index is 246. The van der Waals surface area contributed by atoms with Crippen LogP contribution in [-0.2, 0) is 9.53 Å². The van der Waals surface area contributed by atoms with Gasteiger partial charge in [0.1, 0.15) is 5.78 Å². The molecule has 0 unspecified atom stereocenters. The summed E-state index contributed by atoms with van der Waals surface area (Å²) in [6.07, 6.45) is 2.67. The number of Topliss-reactive ketones (excluding diaryl/α,β-unsaturated/α-hetero) is 1. The summed E-state index contributed by atoms with van der Waals surface area (Å²) < 4.78 is 5.65. The first-order chi connectivity index (χ1) is 6.00. The van der Waals surface area contributed by atoms with Gasteiger partial charge in [0.15, 0.2) is 5.79 Å². The quantitative estimate of drug-likeness (QED) is 0.604. The highest BCUT2D eigenvalue weighted by Crippen LogP contribution is 2.54. The summed E-state index contributed by atoms with van der Waals surface area (Å²) in [6.45, 7) is 2.02. The minimum absolute atomic E-state index is 0.0660. The van der Waals surface area contributed by atoms with E-state index in [0.29, 0.717) is 18.6 Å². The van der Waals surface area contributed by atoms with Crippen molar-refractivity contribution >= 4 is 5.78 Å². The van der Waals surface area contributed by atoms with E-state index in [0.717, 1.165) is 12.8 Å². The van der Waals surface area contributed by atoms with Gasteiger partial charge >= 0.3 is 0 Å². The van der Waals surface area contributed by atoms with Gasteiger partial charge in [0.25, 0.3) is 0 Å². The Kier molecular flexibility index (Phi) is 1.21. The number of carbonyl (C=O) groups is 1. The fourth-order valence-electron chi connectivity index (χ4n) is 3.48. The normalized spacial score (nSPS) is 58.8. The van der Waals surface area contributed by atoms with Crippen LogP contribution in [0.1, 0.15) is 32.6 Å². The summed E-state index contributed by atoms with van der Waals surface area (Å²) in [7, 11) is 0. The van der Waals surface area contributed by atoms with Crippen LogP contribution >= 0.6 is 0 Å². The molecule has 13 heavy (non-hydrogen) atoms. The lowest BCUT2D eigenvalue weighted by Gasteiger charge is -2.57. The van der Waals surface area contributed by atoms with Crippen LogP contribution in [0.3, 0.4) is 0 Å². The van der Waals surface area contributed by atoms with Crippen LogP contribution in [0.5, 0.6) is 0 Å². The molecule has 4 rings (SSSR count). The molecular weight excluding hydrogens is 168 g/mol. The molecule has 0 aromatic heterocycles. The average molecular weight is 182 g/mol. The van der Waals surface area contributed by atoms with Gasteiger partial charge < -0.3 is 9.84 Å². The first-order valence-electron chi connectivity index (χ1n) is 4.96. The highest BCUT2D eigenvalue weighted by molar-refractivity contribution is 5.86. The maximum Gasteiger partial charge on any atom is 0.167 e. The highest BCUT2D eigenvalue weighted by Gasteiger charge is 2.60. The predicted octanol–water partition coefficient (Wildman–Crippen LogP) is 0.853. The van der Waals surface area contributed by atoms with Crippen molar-refractivity contribution in [3.63, 3.8) is 0 Å². The minimum Gasteiger partial charge on any atom is -0.365 e. The highest BCUT2D eigenvalue weighted by atomic mass is 16.6. The molecule has 2 heterocycles. The smallest absolute Gasteiger partial charge is 0.167 e. The number of rotatable bonds is 0. The summed E-state index contributed by atoms with van der Waals surface area (Å²) in [5, 5.41) is 10.0. The van der Waals surface area contributed by atoms with Gasteiger partial charge in [-0.05, 0) is 19.8 Å². The van der Waals surface area contributed by atoms with Crippen molar-refractivity contribution in [3.05, 3.63) is 0 Å². The van der Waals surface area contributed by atoms with Crippen LogP contribution in [-0.4, -0.2) is 22.3 Å². The number of aliphatic hydroxyl groups is 1. The summed E-state index contributed by atoms with van der Waals surface area (Å²) in [5.74, 6) is -0.480. The van der Waals surface area contributed by atoms with Crippen molar-refractivity contribution < 1.29 is 14.6 Å². The van der Waals surface area contributed by atoms with Crippen molar-refractivity contribution in [2.75, 3.05) is 0 Å². The fourth-order valence-corrected chi connectivity index (χ4v) is 3.48. The van der Waals surface area contributed by atoms with E-state index in [1.807, 2.05) is 6.92 Å². The van der Waals surface area contributed by atoms with Gasteiger partial charge in [-0.1, -0.05) is 0 Å². The van der Waals surface area contributed by atoms with Gasteiger partial charge in [0.2, 0.25) is 0 Å². The van der Waals surface area contributed by atoms with Crippen LogP contribution in [0.4, 0.5) is 0 Å². The number of hydrogen-bond acceptors (Lipinski definition) is 3. The van der Waals surface area contributed by atoms with Crippen molar-refractivity contribution in [2.45, 2.75) is 44.0 Å². The van der Waals surface area contributed by atoms with E-state index in [1.54, 1.807) is 0 Å². The molecule has 2 aliphatic carbocycles. The number of ketones is 1. The van der Waals surface area contributed by atoms with E-state index in [4.69, 9.17) is 4.74 Å². The zero-order valence-corrected chi connectivity index (χ0v) is 7.75. The van der Waals surface area contributed by atoms with Crippen LogP contribution in [0, 0.1) is 11.8 Å². The number of hydrogen-bond donors (Lipinski definition) is 1. The van der Waals surface area contributed by atoms with E-state index in [1.165, 1.54) is 0 Å². The first-order valence-corrected chi connectivity index (χ1v) is 4.96. The number of ether oxygens (including phenoxy) is 1. The lowest BCUT2D eigenvalue weighted by Crippen LogP contribution is -2.63.